The highest BCUT2D eigenvalue weighted by Gasteiger charge is 2.19. The molecule has 1 N–H and O–H groups in total. The maximum atomic E-state index is 5.34. The molecule has 0 saturated heterocycles. The largest absolute Gasteiger partial charge is 0.346 e. The van der Waals surface area contributed by atoms with E-state index in [1.807, 2.05) is 13.1 Å². The van der Waals surface area contributed by atoms with E-state index < -0.39 is 0 Å². The Morgan fingerprint density at radius 2 is 2.00 bits per heavy atom. The summed E-state index contributed by atoms with van der Waals surface area (Å²) in [5.41, 5.74) is 3.92. The second kappa shape index (κ2) is 9.38. The zero-order chi connectivity index (χ0) is 17.8. The first-order chi connectivity index (χ1) is 12.1. The lowest BCUT2D eigenvalue weighted by Gasteiger charge is -2.26. The molecular weight excluding hydrogens is 348 g/mol. The van der Waals surface area contributed by atoms with Crippen molar-refractivity contribution in [2.75, 3.05) is 7.05 Å². The van der Waals surface area contributed by atoms with Gasteiger partial charge in [0, 0.05) is 36.0 Å². The van der Waals surface area contributed by atoms with Crippen molar-refractivity contribution in [2.24, 2.45) is 0 Å². The number of hydrogen-bond donors (Lipinski definition) is 1. The van der Waals surface area contributed by atoms with Crippen molar-refractivity contribution in [1.82, 2.24) is 20.0 Å². The van der Waals surface area contributed by atoms with Gasteiger partial charge in [-0.2, -0.15) is 4.98 Å². The molecule has 0 amide bonds. The van der Waals surface area contributed by atoms with Crippen molar-refractivity contribution in [3.05, 3.63) is 34.7 Å². The molecule has 26 heavy (non-hydrogen) atoms. The van der Waals surface area contributed by atoms with Gasteiger partial charge in [-0.3, -0.25) is 0 Å². The molecule has 2 aromatic rings. The van der Waals surface area contributed by atoms with Gasteiger partial charge in [0.25, 0.3) is 5.89 Å². The van der Waals surface area contributed by atoms with Gasteiger partial charge in [0.1, 0.15) is 0 Å². The minimum Gasteiger partial charge on any atom is -0.346 e. The lowest BCUT2D eigenvalue weighted by molar-refractivity contribution is 0.346. The molecular formula is C20H31ClN4O. The van der Waals surface area contributed by atoms with Crippen LogP contribution in [0.1, 0.15) is 73.7 Å². The Balaban J connectivity index is 0.00000243. The standard InChI is InChI=1S/C20H30N4O.ClH/c1-14(21-4)12-19-22-20(25-23-19)11-10-17-13-15(2)24(16(17)3)18-8-6-5-7-9-18;/h10-11,13-14,18,21H,5-9,12H2,1-4H3;1H/b11-10+;. The number of likely N-dealkylation sites (N-methyl/N-ethyl adjacent to an activating group) is 1. The van der Waals surface area contributed by atoms with Crippen LogP contribution in [0.15, 0.2) is 10.6 Å². The molecule has 0 aromatic carbocycles. The Morgan fingerprint density at radius 3 is 2.69 bits per heavy atom. The Hall–Kier alpha value is -1.59. The van der Waals surface area contributed by atoms with Gasteiger partial charge in [-0.25, -0.2) is 0 Å². The molecule has 0 aliphatic heterocycles. The lowest BCUT2D eigenvalue weighted by Crippen LogP contribution is -2.24. The van der Waals surface area contributed by atoms with Crippen LogP contribution in [-0.2, 0) is 6.42 Å². The Labute approximate surface area is 162 Å². The minimum absolute atomic E-state index is 0. The second-order valence-corrected chi connectivity index (χ2v) is 7.26. The van der Waals surface area contributed by atoms with Gasteiger partial charge in [-0.15, -0.1) is 12.4 Å². The second-order valence-electron chi connectivity index (χ2n) is 7.26. The minimum atomic E-state index is 0. The molecule has 0 bridgehead atoms. The van der Waals surface area contributed by atoms with E-state index in [4.69, 9.17) is 4.52 Å². The smallest absolute Gasteiger partial charge is 0.250 e. The summed E-state index contributed by atoms with van der Waals surface area (Å²) in [4.78, 5) is 4.45. The van der Waals surface area contributed by atoms with Crippen LogP contribution in [0.2, 0.25) is 0 Å². The van der Waals surface area contributed by atoms with Crippen molar-refractivity contribution in [2.45, 2.75) is 71.4 Å². The number of nitrogens with one attached hydrogen (secondary N) is 1. The van der Waals surface area contributed by atoms with Crippen LogP contribution in [0.3, 0.4) is 0 Å². The number of hydrogen-bond acceptors (Lipinski definition) is 4. The van der Waals surface area contributed by atoms with Crippen LogP contribution in [0.5, 0.6) is 0 Å². The third kappa shape index (κ3) is 4.77. The molecule has 0 radical (unpaired) electrons. The summed E-state index contributed by atoms with van der Waals surface area (Å²) in [6.45, 7) is 6.53. The van der Waals surface area contributed by atoms with E-state index in [1.165, 1.54) is 49.1 Å². The number of aryl methyl sites for hydroxylation is 1. The molecule has 3 rings (SSSR count). The molecule has 1 atom stereocenters. The summed E-state index contributed by atoms with van der Waals surface area (Å²) in [5.74, 6) is 1.31. The topological polar surface area (TPSA) is 55.9 Å². The van der Waals surface area contributed by atoms with Crippen LogP contribution >= 0.6 is 12.4 Å². The normalized spacial score (nSPS) is 16.8. The SMILES string of the molecule is CNC(C)Cc1noc(/C=C/c2cc(C)n(C3CCCCC3)c2C)n1.Cl. The van der Waals surface area contributed by atoms with Gasteiger partial charge in [0.05, 0.1) is 0 Å². The molecule has 1 fully saturated rings. The van der Waals surface area contributed by atoms with Crippen molar-refractivity contribution >= 4 is 24.6 Å². The first-order valence-corrected chi connectivity index (χ1v) is 9.45. The van der Waals surface area contributed by atoms with E-state index in [9.17, 15) is 0 Å². The van der Waals surface area contributed by atoms with E-state index in [2.05, 4.69) is 52.9 Å². The predicted molar refractivity (Wildman–Crippen MR) is 109 cm³/mol. The van der Waals surface area contributed by atoms with Crippen molar-refractivity contribution in [3.63, 3.8) is 0 Å². The van der Waals surface area contributed by atoms with Crippen LogP contribution in [0.4, 0.5) is 0 Å². The Bertz CT molecular complexity index is 728. The number of halogens is 1. The summed E-state index contributed by atoms with van der Waals surface area (Å²) in [6.07, 6.45) is 11.5. The van der Waals surface area contributed by atoms with Crippen LogP contribution in [0, 0.1) is 13.8 Å². The summed E-state index contributed by atoms with van der Waals surface area (Å²) >= 11 is 0. The maximum absolute atomic E-state index is 5.34. The zero-order valence-corrected chi connectivity index (χ0v) is 17.1. The molecule has 6 heteroatoms. The fourth-order valence-corrected chi connectivity index (χ4v) is 3.83. The fraction of sp³-hybridized carbons (Fsp3) is 0.600. The first-order valence-electron chi connectivity index (χ1n) is 9.45. The summed E-state index contributed by atoms with van der Waals surface area (Å²) < 4.78 is 7.86. The molecule has 1 aliphatic carbocycles. The molecule has 1 aliphatic rings. The van der Waals surface area contributed by atoms with E-state index >= 15 is 0 Å². The van der Waals surface area contributed by atoms with Gasteiger partial charge in [-0.1, -0.05) is 24.4 Å². The summed E-state index contributed by atoms with van der Waals surface area (Å²) in [6, 6.07) is 3.26. The van der Waals surface area contributed by atoms with Crippen molar-refractivity contribution in [1.29, 1.82) is 0 Å². The van der Waals surface area contributed by atoms with Gasteiger partial charge in [-0.05, 0) is 58.4 Å². The average Bonchev–Trinajstić information content (AvgIpc) is 3.17. The number of aromatic nitrogens is 3. The quantitative estimate of drug-likeness (QED) is 0.789. The highest BCUT2D eigenvalue weighted by Crippen LogP contribution is 2.32. The van der Waals surface area contributed by atoms with Crippen molar-refractivity contribution in [3.8, 4) is 0 Å². The maximum Gasteiger partial charge on any atom is 0.250 e. The Morgan fingerprint density at radius 1 is 1.27 bits per heavy atom. The molecule has 144 valence electrons. The summed E-state index contributed by atoms with van der Waals surface area (Å²) in [5, 5.41) is 7.24. The predicted octanol–water partition coefficient (Wildman–Crippen LogP) is 4.74. The average molecular weight is 379 g/mol. The van der Waals surface area contributed by atoms with Gasteiger partial charge in [0.15, 0.2) is 5.82 Å². The number of nitrogens with zero attached hydrogens (tertiary/aromatic N) is 3. The van der Waals surface area contributed by atoms with Crippen LogP contribution < -0.4 is 5.32 Å². The summed E-state index contributed by atoms with van der Waals surface area (Å²) in [7, 11) is 1.94. The molecule has 2 aromatic heterocycles. The highest BCUT2D eigenvalue weighted by molar-refractivity contribution is 5.85. The lowest BCUT2D eigenvalue weighted by atomic mass is 9.95. The molecule has 1 unspecified atom stereocenters. The van der Waals surface area contributed by atoms with Gasteiger partial charge in [0.2, 0.25) is 0 Å². The third-order valence-corrected chi connectivity index (χ3v) is 5.33. The van der Waals surface area contributed by atoms with Gasteiger partial charge >= 0.3 is 0 Å². The van der Waals surface area contributed by atoms with Crippen molar-refractivity contribution < 1.29 is 4.52 Å². The van der Waals surface area contributed by atoms with Crippen LogP contribution in [-0.4, -0.2) is 27.8 Å². The van der Waals surface area contributed by atoms with E-state index in [1.54, 1.807) is 0 Å². The fourth-order valence-electron chi connectivity index (χ4n) is 3.83. The van der Waals surface area contributed by atoms with Crippen LogP contribution in [0.25, 0.3) is 12.2 Å². The van der Waals surface area contributed by atoms with Gasteiger partial charge < -0.3 is 14.4 Å². The first kappa shape index (κ1) is 20.7. The highest BCUT2D eigenvalue weighted by atomic mass is 35.5. The van der Waals surface area contributed by atoms with E-state index in [-0.39, 0.29) is 12.4 Å². The molecule has 0 spiro atoms. The zero-order valence-electron chi connectivity index (χ0n) is 16.3. The van der Waals surface area contributed by atoms with E-state index in [0.29, 0.717) is 18.0 Å². The molecule has 2 heterocycles. The molecule has 5 nitrogen and oxygen atoms in total. The third-order valence-electron chi connectivity index (χ3n) is 5.33. The monoisotopic (exact) mass is 378 g/mol. The Kier molecular flexibility index (Phi) is 7.47. The number of rotatable bonds is 6. The van der Waals surface area contributed by atoms with E-state index in [0.717, 1.165) is 12.2 Å². The molecule has 1 saturated carbocycles.